The van der Waals surface area contributed by atoms with Gasteiger partial charge in [0.15, 0.2) is 17.2 Å². The van der Waals surface area contributed by atoms with E-state index in [1.54, 1.807) is 23.1 Å². The van der Waals surface area contributed by atoms with E-state index >= 15 is 0 Å². The van der Waals surface area contributed by atoms with Gasteiger partial charge < -0.3 is 59.5 Å². The number of benzene rings is 2. The van der Waals surface area contributed by atoms with E-state index in [1.165, 1.54) is 20.3 Å². The Morgan fingerprint density at radius 2 is 1.73 bits per heavy atom. The van der Waals surface area contributed by atoms with E-state index in [1.807, 2.05) is 19.8 Å². The number of aliphatic hydroxyl groups excluding tert-OH is 4. The van der Waals surface area contributed by atoms with Crippen molar-refractivity contribution in [3.05, 3.63) is 51.6 Å². The molecule has 3 unspecified atom stereocenters. The van der Waals surface area contributed by atoms with Crippen LogP contribution in [-0.4, -0.2) is 127 Å². The number of carbonyl (C=O) groups excluding carboxylic acids is 2. The summed E-state index contributed by atoms with van der Waals surface area (Å²) in [5.74, 6) is 0.368. The van der Waals surface area contributed by atoms with Gasteiger partial charge in [0.2, 0.25) is 6.41 Å². The van der Waals surface area contributed by atoms with Crippen molar-refractivity contribution in [1.82, 2.24) is 4.90 Å². The fraction of sp³-hybridized carbons (Fsp3) is 0.559. The molecule has 2 aliphatic heterocycles. The molecule has 0 radical (unpaired) electrons. The third-order valence-corrected chi connectivity index (χ3v) is 7.41. The number of carboxylic acids is 1. The summed E-state index contributed by atoms with van der Waals surface area (Å²) in [7, 11) is 3.92. The number of nitrogens with one attached hydrogen (secondary N) is 1. The van der Waals surface area contributed by atoms with Crippen LogP contribution < -0.4 is 19.5 Å². The molecule has 2 heterocycles. The first-order chi connectivity index (χ1) is 24.5. The second-order valence-electron chi connectivity index (χ2n) is 11.0. The molecule has 17 nitrogen and oxygen atoms in total. The molecular weight excluding hydrogens is 674 g/mol. The number of ether oxygens (including phenoxy) is 4. The van der Waals surface area contributed by atoms with Crippen LogP contribution in [0.25, 0.3) is 0 Å². The van der Waals surface area contributed by atoms with E-state index in [2.05, 4.69) is 5.32 Å². The van der Waals surface area contributed by atoms with Gasteiger partial charge in [0, 0.05) is 50.9 Å². The van der Waals surface area contributed by atoms with Crippen molar-refractivity contribution in [3.63, 3.8) is 0 Å². The fourth-order valence-corrected chi connectivity index (χ4v) is 4.86. The molecule has 0 saturated carbocycles. The van der Waals surface area contributed by atoms with Gasteiger partial charge in [-0.05, 0) is 55.9 Å². The molecule has 2 fully saturated rings. The number of nitro benzene ring substituents is 1. The van der Waals surface area contributed by atoms with Crippen LogP contribution in [0.15, 0.2) is 30.3 Å². The number of aliphatic hydroxyl groups is 4. The predicted molar refractivity (Wildman–Crippen MR) is 187 cm³/mol. The second-order valence-corrected chi connectivity index (χ2v) is 11.0. The van der Waals surface area contributed by atoms with Gasteiger partial charge in [-0.2, -0.15) is 0 Å². The van der Waals surface area contributed by atoms with E-state index in [0.29, 0.717) is 44.1 Å². The molecule has 2 saturated heterocycles. The van der Waals surface area contributed by atoms with E-state index in [9.17, 15) is 19.7 Å². The summed E-state index contributed by atoms with van der Waals surface area (Å²) < 4.78 is 20.8. The fourth-order valence-electron chi connectivity index (χ4n) is 4.86. The number of aliphatic carboxylic acids is 1. The summed E-state index contributed by atoms with van der Waals surface area (Å²) in [5.41, 5.74) is 2.30. The lowest BCUT2D eigenvalue weighted by atomic mass is 10.0. The number of likely N-dealkylation sites (tertiary alicyclic amines) is 1. The Kier molecular flexibility index (Phi) is 24.8. The minimum Gasteiger partial charge on any atom is -0.493 e. The average molecular weight is 728 g/mol. The van der Waals surface area contributed by atoms with Gasteiger partial charge in [-0.3, -0.25) is 19.7 Å². The first-order valence-corrected chi connectivity index (χ1v) is 16.1. The van der Waals surface area contributed by atoms with Crippen molar-refractivity contribution < 1.29 is 63.8 Å². The maximum atomic E-state index is 11.2. The molecule has 51 heavy (non-hydrogen) atoms. The smallest absolute Gasteiger partial charge is 0.311 e. The SMILES string of the molecule is C=O.CO.COc1cc(C)c(NCc2ccc(OC)c([N+](=O)[O-])c2)cc1OCCCC(=O)O.O=CN1CCCCC1CO.OC1COCC(O)C1. The van der Waals surface area contributed by atoms with Crippen LogP contribution in [-0.2, 0) is 25.7 Å². The highest BCUT2D eigenvalue weighted by Crippen LogP contribution is 2.34. The van der Waals surface area contributed by atoms with Gasteiger partial charge in [-0.15, -0.1) is 0 Å². The Hall–Kier alpha value is -4.55. The van der Waals surface area contributed by atoms with Crippen molar-refractivity contribution in [2.24, 2.45) is 0 Å². The number of nitrogens with zero attached hydrogens (tertiary/aromatic N) is 2. The van der Waals surface area contributed by atoms with Crippen LogP contribution in [0, 0.1) is 17.0 Å². The van der Waals surface area contributed by atoms with Crippen molar-refractivity contribution in [3.8, 4) is 17.2 Å². The number of hydrogen-bond acceptors (Lipinski definition) is 14. The monoisotopic (exact) mass is 727 g/mol. The Balaban J connectivity index is 0.000000917. The van der Waals surface area contributed by atoms with Crippen molar-refractivity contribution >= 4 is 30.5 Å². The summed E-state index contributed by atoms with van der Waals surface area (Å²) in [5, 5.41) is 56.5. The molecule has 17 heteroatoms. The number of amides is 1. The van der Waals surface area contributed by atoms with Crippen LogP contribution >= 0.6 is 0 Å². The van der Waals surface area contributed by atoms with E-state index in [4.69, 9.17) is 49.3 Å². The topological polar surface area (TPSA) is 248 Å². The normalized spacial score (nSPS) is 17.5. The Morgan fingerprint density at radius 1 is 1.08 bits per heavy atom. The highest BCUT2D eigenvalue weighted by molar-refractivity contribution is 5.66. The van der Waals surface area contributed by atoms with Crippen LogP contribution in [0.4, 0.5) is 11.4 Å². The molecule has 0 spiro atoms. The zero-order valence-corrected chi connectivity index (χ0v) is 29.7. The zero-order chi connectivity index (χ0) is 38.8. The number of anilines is 1. The molecule has 4 rings (SSSR count). The first kappa shape index (κ1) is 46.5. The lowest BCUT2D eigenvalue weighted by molar-refractivity contribution is -0.385. The zero-order valence-electron chi connectivity index (χ0n) is 29.7. The van der Waals surface area contributed by atoms with Crippen molar-refractivity contribution in [2.75, 3.05) is 59.6 Å². The largest absolute Gasteiger partial charge is 0.493 e. The number of rotatable bonds is 13. The lowest BCUT2D eigenvalue weighted by Gasteiger charge is -2.30. The third-order valence-electron chi connectivity index (χ3n) is 7.41. The van der Waals surface area contributed by atoms with Crippen LogP contribution in [0.3, 0.4) is 0 Å². The van der Waals surface area contributed by atoms with Gasteiger partial charge in [-0.1, -0.05) is 6.07 Å². The highest BCUT2D eigenvalue weighted by atomic mass is 16.6. The quantitative estimate of drug-likeness (QED) is 0.0750. The Bertz CT molecular complexity index is 1290. The van der Waals surface area contributed by atoms with Gasteiger partial charge in [0.05, 0.1) is 63.8 Å². The minimum absolute atomic E-state index is 0.0233. The number of nitro groups is 1. The Morgan fingerprint density at radius 3 is 2.22 bits per heavy atom. The average Bonchev–Trinajstić information content (AvgIpc) is 3.14. The predicted octanol–water partition coefficient (Wildman–Crippen LogP) is 2.32. The van der Waals surface area contributed by atoms with Crippen LogP contribution in [0.5, 0.6) is 17.2 Å². The van der Waals surface area contributed by atoms with Crippen LogP contribution in [0.2, 0.25) is 0 Å². The maximum Gasteiger partial charge on any atom is 0.311 e. The molecular formula is C34H53N3O14. The standard InChI is InChI=1S/C20H24N2O7.C7H13NO2.C5H10O3.CH4O.CH2O/c1-13-9-18(28-3)19(29-8-4-5-20(23)24)11-15(13)21-12-14-6-7-17(27-2)16(10-14)22(25)26;9-5-7-3-1-2-4-8(7)6-10;6-4-1-5(7)3-8-2-4;2*1-2/h6-7,9-11,21H,4-5,8,12H2,1-3H3,(H,23,24);6-7,9H,1-5H2;4-7H,1-3H2;2H,1H3;1H2. The molecule has 6 N–H and O–H groups in total. The summed E-state index contributed by atoms with van der Waals surface area (Å²) in [6, 6.07) is 8.45. The molecule has 3 atom stereocenters. The Labute approximate surface area is 297 Å². The molecule has 1 amide bonds. The highest BCUT2D eigenvalue weighted by Gasteiger charge is 2.20. The number of carbonyl (C=O) groups is 3. The van der Waals surface area contributed by atoms with E-state index < -0.39 is 23.1 Å². The number of piperidine rings is 1. The van der Waals surface area contributed by atoms with Crippen molar-refractivity contribution in [2.45, 2.75) is 70.2 Å². The molecule has 288 valence electrons. The van der Waals surface area contributed by atoms with Crippen molar-refractivity contribution in [1.29, 1.82) is 0 Å². The molecule has 0 aliphatic carbocycles. The van der Waals surface area contributed by atoms with Gasteiger partial charge in [-0.25, -0.2) is 0 Å². The molecule has 0 aromatic heterocycles. The van der Waals surface area contributed by atoms with Gasteiger partial charge in [0.1, 0.15) is 6.79 Å². The second kappa shape index (κ2) is 27.2. The molecule has 2 aromatic carbocycles. The van der Waals surface area contributed by atoms with E-state index in [-0.39, 0.29) is 37.1 Å². The first-order valence-electron chi connectivity index (χ1n) is 16.1. The summed E-state index contributed by atoms with van der Waals surface area (Å²) in [6.07, 6.45) is 3.94. The number of hydrogen-bond donors (Lipinski definition) is 6. The van der Waals surface area contributed by atoms with E-state index in [0.717, 1.165) is 56.1 Å². The molecule has 0 bridgehead atoms. The third kappa shape index (κ3) is 17.8. The molecule has 2 aromatic rings. The number of carboxylic acid groups (broad SMARTS) is 1. The summed E-state index contributed by atoms with van der Waals surface area (Å²) >= 11 is 0. The van der Waals surface area contributed by atoms with Crippen LogP contribution in [0.1, 0.15) is 49.7 Å². The lowest BCUT2D eigenvalue weighted by Crippen LogP contribution is -2.40. The number of aryl methyl sites for hydroxylation is 1. The minimum atomic E-state index is -0.875. The van der Waals surface area contributed by atoms with Gasteiger partial charge >= 0.3 is 11.7 Å². The summed E-state index contributed by atoms with van der Waals surface area (Å²) in [4.78, 5) is 41.3. The maximum absolute atomic E-state index is 11.2. The van der Waals surface area contributed by atoms with Gasteiger partial charge in [0.25, 0.3) is 0 Å². The molecule has 2 aliphatic rings. The number of methoxy groups -OCH3 is 2. The summed E-state index contributed by atoms with van der Waals surface area (Å²) in [6.45, 7) is 6.17.